The average Bonchev–Trinajstić information content (AvgIpc) is 3.34. The lowest BCUT2D eigenvalue weighted by Gasteiger charge is -2.18. The molecule has 2 aromatic rings. The number of carbonyl (C=O) groups excluding carboxylic acids is 1. The molecule has 0 radical (unpaired) electrons. The summed E-state index contributed by atoms with van der Waals surface area (Å²) in [5.74, 6) is 4.02. The van der Waals surface area contributed by atoms with Gasteiger partial charge in [0.2, 0.25) is 19.5 Å². The zero-order valence-corrected chi connectivity index (χ0v) is 16.7. The van der Waals surface area contributed by atoms with Gasteiger partial charge in [0.05, 0.1) is 0 Å². The number of benzene rings is 2. The molecule has 3 heterocycles. The number of carbonyl (C=O) groups is 1. The second kappa shape index (κ2) is 7.91. The van der Waals surface area contributed by atoms with Crippen LogP contribution in [-0.2, 0) is 4.79 Å². The fourth-order valence-corrected chi connectivity index (χ4v) is 4.88. The maximum absolute atomic E-state index is 12.7. The van der Waals surface area contributed by atoms with Crippen molar-refractivity contribution < 1.29 is 23.7 Å². The molecule has 2 aromatic carbocycles. The van der Waals surface area contributed by atoms with Crippen LogP contribution in [-0.4, -0.2) is 43.2 Å². The minimum atomic E-state index is 0.0367. The summed E-state index contributed by atoms with van der Waals surface area (Å²) in [7, 11) is 0. The second-order valence-corrected chi connectivity index (χ2v) is 8.34. The van der Waals surface area contributed by atoms with Crippen LogP contribution in [0.3, 0.4) is 0 Å². The number of amides is 1. The summed E-state index contributed by atoms with van der Waals surface area (Å²) in [5, 5.41) is 0.347. The highest BCUT2D eigenvalue weighted by Gasteiger charge is 2.23. The standard InChI is InChI=1S/C22H21NO5S/c24-22(6-2-15-1-4-17-19(11-15)27-13-25-17)23-8-7-21(29-10-9-23)16-3-5-18-20(12-16)28-14-26-18/h1-6,11-12,21H,7-10,13-14H2/b6-2+. The van der Waals surface area contributed by atoms with Crippen LogP contribution in [0, 0.1) is 0 Å². The summed E-state index contributed by atoms with van der Waals surface area (Å²) in [6.45, 7) is 2.01. The van der Waals surface area contributed by atoms with Gasteiger partial charge in [-0.2, -0.15) is 11.8 Å². The Hall–Kier alpha value is -2.80. The molecule has 1 saturated heterocycles. The van der Waals surface area contributed by atoms with Crippen molar-refractivity contribution in [2.75, 3.05) is 32.4 Å². The highest BCUT2D eigenvalue weighted by atomic mass is 32.2. The lowest BCUT2D eigenvalue weighted by Crippen LogP contribution is -2.31. The number of nitrogens with zero attached hydrogens (tertiary/aromatic N) is 1. The summed E-state index contributed by atoms with van der Waals surface area (Å²) in [5.41, 5.74) is 2.15. The molecular formula is C22H21NO5S. The SMILES string of the molecule is O=C(/C=C/c1ccc2c(c1)OCO2)N1CCSC(c2ccc3c(c2)OCO3)CC1. The number of hydrogen-bond donors (Lipinski definition) is 0. The van der Waals surface area contributed by atoms with Gasteiger partial charge in [-0.15, -0.1) is 0 Å². The molecule has 0 aliphatic carbocycles. The van der Waals surface area contributed by atoms with Gasteiger partial charge >= 0.3 is 0 Å². The molecule has 1 amide bonds. The molecule has 29 heavy (non-hydrogen) atoms. The second-order valence-electron chi connectivity index (χ2n) is 7.03. The molecule has 1 atom stereocenters. The minimum Gasteiger partial charge on any atom is -0.454 e. The fourth-order valence-electron chi connectivity index (χ4n) is 3.66. The fraction of sp³-hybridized carbons (Fsp3) is 0.318. The van der Waals surface area contributed by atoms with Crippen molar-refractivity contribution in [2.45, 2.75) is 11.7 Å². The largest absolute Gasteiger partial charge is 0.454 e. The van der Waals surface area contributed by atoms with Crippen molar-refractivity contribution >= 4 is 23.7 Å². The van der Waals surface area contributed by atoms with Gasteiger partial charge in [0, 0.05) is 30.2 Å². The zero-order chi connectivity index (χ0) is 19.6. The summed E-state index contributed by atoms with van der Waals surface area (Å²) in [6.07, 6.45) is 4.38. The first kappa shape index (κ1) is 18.2. The van der Waals surface area contributed by atoms with E-state index in [1.165, 1.54) is 5.56 Å². The topological polar surface area (TPSA) is 57.2 Å². The number of fused-ring (bicyclic) bond motifs is 2. The Balaban J connectivity index is 1.22. The van der Waals surface area contributed by atoms with E-state index < -0.39 is 0 Å². The average molecular weight is 411 g/mol. The van der Waals surface area contributed by atoms with Crippen molar-refractivity contribution in [2.24, 2.45) is 0 Å². The van der Waals surface area contributed by atoms with Crippen LogP contribution >= 0.6 is 11.8 Å². The molecule has 0 spiro atoms. The number of hydrogen-bond acceptors (Lipinski definition) is 6. The van der Waals surface area contributed by atoms with Crippen LogP contribution < -0.4 is 18.9 Å². The van der Waals surface area contributed by atoms with Crippen molar-refractivity contribution in [1.82, 2.24) is 4.90 Å². The van der Waals surface area contributed by atoms with Crippen LogP contribution in [0.1, 0.15) is 22.8 Å². The third-order valence-electron chi connectivity index (χ3n) is 5.24. The maximum atomic E-state index is 12.7. The third kappa shape index (κ3) is 3.87. The molecule has 3 aliphatic rings. The predicted molar refractivity (Wildman–Crippen MR) is 111 cm³/mol. The minimum absolute atomic E-state index is 0.0367. The highest BCUT2D eigenvalue weighted by Crippen LogP contribution is 2.40. The lowest BCUT2D eigenvalue weighted by molar-refractivity contribution is -0.125. The van der Waals surface area contributed by atoms with E-state index in [1.54, 1.807) is 6.08 Å². The smallest absolute Gasteiger partial charge is 0.246 e. The summed E-state index contributed by atoms with van der Waals surface area (Å²) in [4.78, 5) is 14.6. The Morgan fingerprint density at radius 1 is 0.931 bits per heavy atom. The van der Waals surface area contributed by atoms with Gasteiger partial charge in [0.1, 0.15) is 0 Å². The number of rotatable bonds is 3. The molecule has 1 unspecified atom stereocenters. The summed E-state index contributed by atoms with van der Waals surface area (Å²) < 4.78 is 21.6. The molecule has 150 valence electrons. The highest BCUT2D eigenvalue weighted by molar-refractivity contribution is 7.99. The van der Waals surface area contributed by atoms with Crippen LogP contribution in [0.5, 0.6) is 23.0 Å². The van der Waals surface area contributed by atoms with Gasteiger partial charge in [-0.05, 0) is 47.9 Å². The molecule has 0 saturated carbocycles. The Morgan fingerprint density at radius 2 is 1.66 bits per heavy atom. The van der Waals surface area contributed by atoms with Gasteiger partial charge in [0.25, 0.3) is 0 Å². The van der Waals surface area contributed by atoms with Crippen molar-refractivity contribution in [3.63, 3.8) is 0 Å². The normalized spacial score (nSPS) is 20.1. The Labute approximate surface area is 173 Å². The van der Waals surface area contributed by atoms with Gasteiger partial charge < -0.3 is 23.8 Å². The molecule has 1 fully saturated rings. The van der Waals surface area contributed by atoms with E-state index in [2.05, 4.69) is 12.1 Å². The Morgan fingerprint density at radius 3 is 2.48 bits per heavy atom. The van der Waals surface area contributed by atoms with Crippen molar-refractivity contribution in [1.29, 1.82) is 0 Å². The van der Waals surface area contributed by atoms with E-state index >= 15 is 0 Å². The van der Waals surface area contributed by atoms with Crippen LogP contribution in [0.4, 0.5) is 0 Å². The van der Waals surface area contributed by atoms with Crippen LogP contribution in [0.2, 0.25) is 0 Å². The molecule has 5 rings (SSSR count). The summed E-state index contributed by atoms with van der Waals surface area (Å²) in [6, 6.07) is 11.8. The zero-order valence-electron chi connectivity index (χ0n) is 15.8. The summed E-state index contributed by atoms with van der Waals surface area (Å²) >= 11 is 1.89. The van der Waals surface area contributed by atoms with Gasteiger partial charge in [-0.1, -0.05) is 12.1 Å². The van der Waals surface area contributed by atoms with Gasteiger partial charge in [0.15, 0.2) is 23.0 Å². The first-order chi connectivity index (χ1) is 14.3. The Kier molecular flexibility index (Phi) is 4.97. The van der Waals surface area contributed by atoms with Gasteiger partial charge in [-0.3, -0.25) is 4.79 Å². The van der Waals surface area contributed by atoms with E-state index in [-0.39, 0.29) is 19.5 Å². The molecule has 7 heteroatoms. The number of ether oxygens (including phenoxy) is 4. The van der Waals surface area contributed by atoms with Crippen molar-refractivity contribution in [3.8, 4) is 23.0 Å². The monoisotopic (exact) mass is 411 g/mol. The van der Waals surface area contributed by atoms with Gasteiger partial charge in [-0.25, -0.2) is 0 Å². The van der Waals surface area contributed by atoms with E-state index in [0.29, 0.717) is 5.25 Å². The van der Waals surface area contributed by atoms with Crippen molar-refractivity contribution in [3.05, 3.63) is 53.6 Å². The number of thioether (sulfide) groups is 1. The van der Waals surface area contributed by atoms with E-state index in [1.807, 2.05) is 47.0 Å². The first-order valence-electron chi connectivity index (χ1n) is 9.64. The molecule has 3 aliphatic heterocycles. The Bertz CT molecular complexity index is 960. The van der Waals surface area contributed by atoms with E-state index in [0.717, 1.165) is 53.8 Å². The molecule has 0 bridgehead atoms. The third-order valence-corrected chi connectivity index (χ3v) is 6.57. The predicted octanol–water partition coefficient (Wildman–Crippen LogP) is 3.86. The quantitative estimate of drug-likeness (QED) is 0.715. The molecule has 0 N–H and O–H groups in total. The molecular weight excluding hydrogens is 390 g/mol. The maximum Gasteiger partial charge on any atom is 0.246 e. The first-order valence-corrected chi connectivity index (χ1v) is 10.7. The van der Waals surface area contributed by atoms with Crippen LogP contribution in [0.25, 0.3) is 6.08 Å². The molecule has 6 nitrogen and oxygen atoms in total. The lowest BCUT2D eigenvalue weighted by atomic mass is 10.1. The molecule has 0 aromatic heterocycles. The van der Waals surface area contributed by atoms with E-state index in [9.17, 15) is 4.79 Å². The van der Waals surface area contributed by atoms with E-state index in [4.69, 9.17) is 18.9 Å². The van der Waals surface area contributed by atoms with Crippen LogP contribution in [0.15, 0.2) is 42.5 Å².